The Balaban J connectivity index is 1.33. The normalized spacial score (nSPS) is 18.8. The largest absolute Gasteiger partial charge is 0.348 e. The molecule has 2 aromatic carbocycles. The maximum Gasteiger partial charge on any atom is 0.257 e. The number of benzene rings is 2. The number of amides is 1. The van der Waals surface area contributed by atoms with Crippen LogP contribution in [0.15, 0.2) is 59.1 Å². The summed E-state index contributed by atoms with van der Waals surface area (Å²) in [5, 5.41) is 6.85. The highest BCUT2D eigenvalue weighted by molar-refractivity contribution is 5.82. The monoisotopic (exact) mass is 333 g/mol. The van der Waals surface area contributed by atoms with Gasteiger partial charge in [-0.05, 0) is 37.0 Å². The molecule has 2 unspecified atom stereocenters. The summed E-state index contributed by atoms with van der Waals surface area (Å²) in [7, 11) is 0. The summed E-state index contributed by atoms with van der Waals surface area (Å²) >= 11 is 0. The van der Waals surface area contributed by atoms with Gasteiger partial charge in [0.25, 0.3) is 5.89 Å². The number of aryl methyl sites for hydroxylation is 1. The first-order valence-corrected chi connectivity index (χ1v) is 8.43. The molecule has 1 heterocycles. The van der Waals surface area contributed by atoms with Crippen LogP contribution in [0.1, 0.15) is 29.3 Å². The first kappa shape index (κ1) is 15.6. The number of carbonyl (C=O) groups is 1. The summed E-state index contributed by atoms with van der Waals surface area (Å²) in [5.41, 5.74) is 3.28. The van der Waals surface area contributed by atoms with E-state index in [1.165, 1.54) is 11.1 Å². The van der Waals surface area contributed by atoms with Crippen molar-refractivity contribution in [1.29, 1.82) is 0 Å². The van der Waals surface area contributed by atoms with E-state index in [9.17, 15) is 4.79 Å². The Morgan fingerprint density at radius 2 is 1.92 bits per heavy atom. The third-order valence-corrected chi connectivity index (χ3v) is 4.54. The molecule has 0 spiro atoms. The third-order valence-electron chi connectivity index (χ3n) is 4.54. The summed E-state index contributed by atoms with van der Waals surface area (Å²) in [5.74, 6) is 1.38. The summed E-state index contributed by atoms with van der Waals surface area (Å²) in [4.78, 5) is 16.6. The van der Waals surface area contributed by atoms with Gasteiger partial charge in [0.2, 0.25) is 5.91 Å². The Morgan fingerprint density at radius 3 is 2.68 bits per heavy atom. The van der Waals surface area contributed by atoms with Crippen molar-refractivity contribution in [2.75, 3.05) is 0 Å². The molecule has 25 heavy (non-hydrogen) atoms. The lowest BCUT2D eigenvalue weighted by atomic mass is 10.1. The van der Waals surface area contributed by atoms with Gasteiger partial charge in [-0.2, -0.15) is 4.98 Å². The number of rotatable bonds is 5. The zero-order valence-corrected chi connectivity index (χ0v) is 14.0. The predicted octanol–water partition coefficient (Wildman–Crippen LogP) is 3.46. The van der Waals surface area contributed by atoms with Crippen LogP contribution in [0.5, 0.6) is 0 Å². The third kappa shape index (κ3) is 3.45. The SMILES string of the molecule is Cc1ccc(-c2nc(CNC(=O)C3CC3c3ccccc3)no2)cc1. The maximum absolute atomic E-state index is 12.3. The lowest BCUT2D eigenvalue weighted by Gasteiger charge is -2.02. The molecule has 5 heteroatoms. The van der Waals surface area contributed by atoms with Crippen molar-refractivity contribution in [3.05, 3.63) is 71.5 Å². The number of nitrogens with one attached hydrogen (secondary N) is 1. The molecule has 0 radical (unpaired) electrons. The molecule has 0 aliphatic heterocycles. The zero-order valence-electron chi connectivity index (χ0n) is 14.0. The number of hydrogen-bond donors (Lipinski definition) is 1. The fourth-order valence-electron chi connectivity index (χ4n) is 2.99. The highest BCUT2D eigenvalue weighted by Crippen LogP contribution is 2.47. The molecule has 3 aromatic rings. The molecule has 5 nitrogen and oxygen atoms in total. The van der Waals surface area contributed by atoms with E-state index >= 15 is 0 Å². The van der Waals surface area contributed by atoms with Gasteiger partial charge in [-0.1, -0.05) is 53.2 Å². The van der Waals surface area contributed by atoms with Crippen LogP contribution in [-0.2, 0) is 11.3 Å². The summed E-state index contributed by atoms with van der Waals surface area (Å²) < 4.78 is 5.28. The first-order chi connectivity index (χ1) is 12.2. The molecule has 1 aliphatic rings. The van der Waals surface area contributed by atoms with Gasteiger partial charge in [-0.3, -0.25) is 4.79 Å². The second-order valence-corrected chi connectivity index (χ2v) is 6.46. The van der Waals surface area contributed by atoms with Crippen molar-refractivity contribution in [2.24, 2.45) is 5.92 Å². The molecule has 1 N–H and O–H groups in total. The molecule has 1 saturated carbocycles. The molecule has 1 aromatic heterocycles. The first-order valence-electron chi connectivity index (χ1n) is 8.43. The van der Waals surface area contributed by atoms with Crippen LogP contribution < -0.4 is 5.32 Å². The van der Waals surface area contributed by atoms with Gasteiger partial charge in [0.15, 0.2) is 5.82 Å². The second kappa shape index (κ2) is 6.51. The second-order valence-electron chi connectivity index (χ2n) is 6.46. The molecule has 126 valence electrons. The Morgan fingerprint density at radius 1 is 1.16 bits per heavy atom. The number of nitrogens with zero attached hydrogens (tertiary/aromatic N) is 2. The maximum atomic E-state index is 12.3. The van der Waals surface area contributed by atoms with Crippen molar-refractivity contribution in [3.8, 4) is 11.5 Å². The minimum atomic E-state index is 0.0471. The molecule has 0 saturated heterocycles. The van der Waals surface area contributed by atoms with E-state index in [2.05, 4.69) is 27.6 Å². The van der Waals surface area contributed by atoms with Crippen LogP contribution in [0.4, 0.5) is 0 Å². The summed E-state index contributed by atoms with van der Waals surface area (Å²) in [6.45, 7) is 2.31. The minimum Gasteiger partial charge on any atom is -0.348 e. The van der Waals surface area contributed by atoms with Gasteiger partial charge >= 0.3 is 0 Å². The molecule has 2 atom stereocenters. The van der Waals surface area contributed by atoms with Crippen LogP contribution in [0.25, 0.3) is 11.5 Å². The molecule has 1 aliphatic carbocycles. The Kier molecular flexibility index (Phi) is 4.06. The number of carbonyl (C=O) groups excluding carboxylic acids is 1. The average molecular weight is 333 g/mol. The lowest BCUT2D eigenvalue weighted by Crippen LogP contribution is -2.25. The Labute approximate surface area is 146 Å². The molecule has 1 amide bonds. The molecular weight excluding hydrogens is 314 g/mol. The fraction of sp³-hybridized carbons (Fsp3) is 0.250. The number of hydrogen-bond acceptors (Lipinski definition) is 4. The van der Waals surface area contributed by atoms with Crippen molar-refractivity contribution >= 4 is 5.91 Å². The molecular formula is C20H19N3O2. The van der Waals surface area contributed by atoms with Crippen molar-refractivity contribution in [1.82, 2.24) is 15.5 Å². The minimum absolute atomic E-state index is 0.0471. The van der Waals surface area contributed by atoms with Gasteiger partial charge < -0.3 is 9.84 Å². The molecule has 4 rings (SSSR count). The van der Waals surface area contributed by atoms with Crippen LogP contribution in [0.3, 0.4) is 0 Å². The van der Waals surface area contributed by atoms with E-state index in [4.69, 9.17) is 4.52 Å². The fourth-order valence-corrected chi connectivity index (χ4v) is 2.99. The van der Waals surface area contributed by atoms with E-state index in [1.54, 1.807) is 0 Å². The van der Waals surface area contributed by atoms with E-state index in [0.717, 1.165) is 12.0 Å². The highest BCUT2D eigenvalue weighted by atomic mass is 16.5. The lowest BCUT2D eigenvalue weighted by molar-refractivity contribution is -0.122. The van der Waals surface area contributed by atoms with Crippen LogP contribution in [0.2, 0.25) is 0 Å². The van der Waals surface area contributed by atoms with Gasteiger partial charge in [0.05, 0.1) is 6.54 Å². The predicted molar refractivity (Wildman–Crippen MR) is 93.6 cm³/mol. The topological polar surface area (TPSA) is 68.0 Å². The molecule has 0 bridgehead atoms. The standard InChI is InChI=1S/C20H19N3O2/c1-13-7-9-15(10-8-13)20-22-18(23-25-20)12-21-19(24)17-11-16(17)14-5-3-2-4-6-14/h2-10,16-17H,11-12H2,1H3,(H,21,24). The summed E-state index contributed by atoms with van der Waals surface area (Å²) in [6, 6.07) is 18.0. The number of aromatic nitrogens is 2. The Hall–Kier alpha value is -2.95. The van der Waals surface area contributed by atoms with E-state index in [1.807, 2.05) is 49.4 Å². The smallest absolute Gasteiger partial charge is 0.257 e. The van der Waals surface area contributed by atoms with Crippen molar-refractivity contribution < 1.29 is 9.32 Å². The molecule has 1 fully saturated rings. The quantitative estimate of drug-likeness (QED) is 0.776. The highest BCUT2D eigenvalue weighted by Gasteiger charge is 2.43. The Bertz CT molecular complexity index is 871. The zero-order chi connectivity index (χ0) is 17.2. The van der Waals surface area contributed by atoms with Crippen molar-refractivity contribution in [2.45, 2.75) is 25.8 Å². The van der Waals surface area contributed by atoms with Crippen LogP contribution in [-0.4, -0.2) is 16.0 Å². The van der Waals surface area contributed by atoms with Gasteiger partial charge in [-0.25, -0.2) is 0 Å². The van der Waals surface area contributed by atoms with E-state index in [-0.39, 0.29) is 18.4 Å². The van der Waals surface area contributed by atoms with Crippen LogP contribution >= 0.6 is 0 Å². The average Bonchev–Trinajstić information content (AvgIpc) is 3.32. The van der Waals surface area contributed by atoms with E-state index < -0.39 is 0 Å². The van der Waals surface area contributed by atoms with Gasteiger partial charge in [-0.15, -0.1) is 0 Å². The van der Waals surface area contributed by atoms with Gasteiger partial charge in [0.1, 0.15) is 0 Å². The van der Waals surface area contributed by atoms with E-state index in [0.29, 0.717) is 17.6 Å². The van der Waals surface area contributed by atoms with Gasteiger partial charge in [0, 0.05) is 11.5 Å². The van der Waals surface area contributed by atoms with Crippen LogP contribution in [0, 0.1) is 12.8 Å². The summed E-state index contributed by atoms with van der Waals surface area (Å²) in [6.07, 6.45) is 0.900. The van der Waals surface area contributed by atoms with Crippen molar-refractivity contribution in [3.63, 3.8) is 0 Å².